The molecule has 1 aromatic carbocycles. The van der Waals surface area contributed by atoms with E-state index in [0.717, 1.165) is 5.56 Å². The van der Waals surface area contributed by atoms with E-state index in [0.29, 0.717) is 30.4 Å². The van der Waals surface area contributed by atoms with Gasteiger partial charge in [-0.25, -0.2) is 4.39 Å². The second kappa shape index (κ2) is 6.29. The third-order valence-corrected chi connectivity index (χ3v) is 2.49. The van der Waals surface area contributed by atoms with E-state index in [1.165, 1.54) is 12.1 Å². The Morgan fingerprint density at radius 1 is 1.37 bits per heavy atom. The Hall–Kier alpha value is -1.95. The highest BCUT2D eigenvalue weighted by molar-refractivity contribution is 5.29. The maximum absolute atomic E-state index is 13.4. The minimum Gasteiger partial charge on any atom is -0.485 e. The summed E-state index contributed by atoms with van der Waals surface area (Å²) in [5, 5.41) is 6.73. The second-order valence-electron chi connectivity index (χ2n) is 4.07. The van der Waals surface area contributed by atoms with E-state index in [9.17, 15) is 4.39 Å². The first-order valence-corrected chi connectivity index (χ1v) is 6.09. The zero-order valence-corrected chi connectivity index (χ0v) is 10.9. The Morgan fingerprint density at radius 3 is 2.89 bits per heavy atom. The van der Waals surface area contributed by atoms with Gasteiger partial charge in [-0.2, -0.15) is 4.98 Å². The van der Waals surface area contributed by atoms with E-state index in [4.69, 9.17) is 9.26 Å². The largest absolute Gasteiger partial charge is 0.485 e. The van der Waals surface area contributed by atoms with Crippen molar-refractivity contribution < 1.29 is 13.7 Å². The van der Waals surface area contributed by atoms with Crippen molar-refractivity contribution in [3.05, 3.63) is 41.3 Å². The van der Waals surface area contributed by atoms with Gasteiger partial charge < -0.3 is 14.6 Å². The molecule has 0 saturated heterocycles. The van der Waals surface area contributed by atoms with Crippen molar-refractivity contribution >= 4 is 0 Å². The van der Waals surface area contributed by atoms with E-state index in [1.54, 1.807) is 13.1 Å². The summed E-state index contributed by atoms with van der Waals surface area (Å²) in [6.07, 6.45) is 0.680. The maximum Gasteiger partial charge on any atom is 0.226 e. The first-order valence-electron chi connectivity index (χ1n) is 6.09. The molecule has 19 heavy (non-hydrogen) atoms. The zero-order chi connectivity index (χ0) is 13.7. The molecule has 0 fully saturated rings. The van der Waals surface area contributed by atoms with Crippen LogP contribution in [-0.2, 0) is 19.6 Å². The molecule has 0 spiro atoms. The van der Waals surface area contributed by atoms with Crippen LogP contribution in [0.4, 0.5) is 4.39 Å². The Bertz CT molecular complexity index is 542. The average Bonchev–Trinajstić information content (AvgIpc) is 2.84. The van der Waals surface area contributed by atoms with Crippen LogP contribution in [0.15, 0.2) is 22.7 Å². The van der Waals surface area contributed by atoms with Crippen molar-refractivity contribution in [3.8, 4) is 5.75 Å². The smallest absolute Gasteiger partial charge is 0.226 e. The Morgan fingerprint density at radius 2 is 2.21 bits per heavy atom. The molecule has 0 aliphatic heterocycles. The van der Waals surface area contributed by atoms with E-state index in [1.807, 2.05) is 6.92 Å². The Labute approximate surface area is 110 Å². The van der Waals surface area contributed by atoms with Crippen molar-refractivity contribution in [1.82, 2.24) is 15.5 Å². The summed E-state index contributed by atoms with van der Waals surface area (Å²) in [6.45, 7) is 2.66. The van der Waals surface area contributed by atoms with Crippen LogP contribution in [0.5, 0.6) is 5.75 Å². The van der Waals surface area contributed by atoms with Gasteiger partial charge in [0.2, 0.25) is 11.7 Å². The number of benzene rings is 1. The number of nitrogens with zero attached hydrogens (tertiary/aromatic N) is 2. The normalized spacial score (nSPS) is 10.7. The standard InChI is InChI=1S/C13H16FN3O2/c1-3-13-16-12(17-19-13)8-18-11-5-9(7-15-2)4-10(14)6-11/h4-6,15H,3,7-8H2,1-2H3. The SMILES string of the molecule is CCc1nc(COc2cc(F)cc(CNC)c2)no1. The molecule has 0 aliphatic carbocycles. The molecule has 6 heteroatoms. The number of hydrogen-bond donors (Lipinski definition) is 1. The highest BCUT2D eigenvalue weighted by Crippen LogP contribution is 2.17. The van der Waals surface area contributed by atoms with Crippen molar-refractivity contribution in [2.24, 2.45) is 0 Å². The fourth-order valence-electron chi connectivity index (χ4n) is 1.65. The quantitative estimate of drug-likeness (QED) is 0.866. The second-order valence-corrected chi connectivity index (χ2v) is 4.07. The maximum atomic E-state index is 13.4. The van der Waals surface area contributed by atoms with Gasteiger partial charge in [-0.05, 0) is 24.7 Å². The number of aromatic nitrogens is 2. The fraction of sp³-hybridized carbons (Fsp3) is 0.385. The van der Waals surface area contributed by atoms with E-state index >= 15 is 0 Å². The highest BCUT2D eigenvalue weighted by atomic mass is 19.1. The molecule has 5 nitrogen and oxygen atoms in total. The average molecular weight is 265 g/mol. The minimum atomic E-state index is -0.329. The monoisotopic (exact) mass is 265 g/mol. The summed E-state index contributed by atoms with van der Waals surface area (Å²) >= 11 is 0. The first-order chi connectivity index (χ1) is 9.21. The molecule has 0 saturated carbocycles. The molecule has 0 aliphatic rings. The van der Waals surface area contributed by atoms with Crippen molar-refractivity contribution in [2.75, 3.05) is 7.05 Å². The van der Waals surface area contributed by atoms with Gasteiger partial charge in [-0.15, -0.1) is 0 Å². The molecule has 102 valence electrons. The number of nitrogens with one attached hydrogen (secondary N) is 1. The van der Waals surface area contributed by atoms with Crippen LogP contribution in [0.1, 0.15) is 24.2 Å². The summed E-state index contributed by atoms with van der Waals surface area (Å²) in [5.41, 5.74) is 0.819. The summed E-state index contributed by atoms with van der Waals surface area (Å²) in [6, 6.07) is 4.58. The molecular formula is C13H16FN3O2. The van der Waals surface area contributed by atoms with Crippen LogP contribution < -0.4 is 10.1 Å². The Balaban J connectivity index is 2.02. The lowest BCUT2D eigenvalue weighted by Gasteiger charge is -2.06. The summed E-state index contributed by atoms with van der Waals surface area (Å²) in [5.74, 6) is 1.14. The summed E-state index contributed by atoms with van der Waals surface area (Å²) in [4.78, 5) is 4.12. The van der Waals surface area contributed by atoms with Gasteiger partial charge in [0.15, 0.2) is 6.61 Å². The van der Waals surface area contributed by atoms with Crippen LogP contribution in [-0.4, -0.2) is 17.2 Å². The van der Waals surface area contributed by atoms with Gasteiger partial charge in [0.25, 0.3) is 0 Å². The molecule has 1 heterocycles. The van der Waals surface area contributed by atoms with Crippen molar-refractivity contribution in [1.29, 1.82) is 0 Å². The lowest BCUT2D eigenvalue weighted by atomic mass is 10.2. The molecule has 2 rings (SSSR count). The molecular weight excluding hydrogens is 249 g/mol. The first kappa shape index (κ1) is 13.5. The van der Waals surface area contributed by atoms with Gasteiger partial charge >= 0.3 is 0 Å². The number of rotatable bonds is 6. The lowest BCUT2D eigenvalue weighted by molar-refractivity contribution is 0.283. The molecule has 2 aromatic rings. The van der Waals surface area contributed by atoms with Gasteiger partial charge in [-0.3, -0.25) is 0 Å². The number of hydrogen-bond acceptors (Lipinski definition) is 5. The van der Waals surface area contributed by atoms with E-state index in [-0.39, 0.29) is 12.4 Å². The third-order valence-electron chi connectivity index (χ3n) is 2.49. The summed E-state index contributed by atoms with van der Waals surface area (Å²) < 4.78 is 23.8. The molecule has 0 atom stereocenters. The van der Waals surface area contributed by atoms with E-state index in [2.05, 4.69) is 15.5 Å². The zero-order valence-electron chi connectivity index (χ0n) is 10.9. The Kier molecular flexibility index (Phi) is 4.46. The predicted octanol–water partition coefficient (Wildman–Crippen LogP) is 2.07. The van der Waals surface area contributed by atoms with Crippen molar-refractivity contribution in [3.63, 3.8) is 0 Å². The van der Waals surface area contributed by atoms with E-state index < -0.39 is 0 Å². The predicted molar refractivity (Wildman–Crippen MR) is 67.2 cm³/mol. The third kappa shape index (κ3) is 3.75. The minimum absolute atomic E-state index is 0.159. The molecule has 0 bridgehead atoms. The lowest BCUT2D eigenvalue weighted by Crippen LogP contribution is -2.06. The van der Waals surface area contributed by atoms with Gasteiger partial charge in [0, 0.05) is 19.0 Å². The van der Waals surface area contributed by atoms with Crippen LogP contribution in [0, 0.1) is 5.82 Å². The van der Waals surface area contributed by atoms with Crippen molar-refractivity contribution in [2.45, 2.75) is 26.5 Å². The fourth-order valence-corrected chi connectivity index (χ4v) is 1.65. The highest BCUT2D eigenvalue weighted by Gasteiger charge is 2.06. The molecule has 0 unspecified atom stereocenters. The number of halogens is 1. The van der Waals surface area contributed by atoms with Crippen LogP contribution in [0.2, 0.25) is 0 Å². The van der Waals surface area contributed by atoms with Crippen LogP contribution >= 0.6 is 0 Å². The number of ether oxygens (including phenoxy) is 1. The van der Waals surface area contributed by atoms with Gasteiger partial charge in [-0.1, -0.05) is 12.1 Å². The molecule has 0 amide bonds. The van der Waals surface area contributed by atoms with Crippen LogP contribution in [0.25, 0.3) is 0 Å². The number of aryl methyl sites for hydroxylation is 1. The molecule has 1 N–H and O–H groups in total. The molecule has 1 aromatic heterocycles. The summed E-state index contributed by atoms with van der Waals surface area (Å²) in [7, 11) is 1.80. The molecule has 0 radical (unpaired) electrons. The van der Waals surface area contributed by atoms with Gasteiger partial charge in [0.05, 0.1) is 0 Å². The van der Waals surface area contributed by atoms with Crippen LogP contribution in [0.3, 0.4) is 0 Å². The van der Waals surface area contributed by atoms with Gasteiger partial charge in [0.1, 0.15) is 11.6 Å². The topological polar surface area (TPSA) is 60.2 Å².